The first-order valence-electron chi connectivity index (χ1n) is 2.95. The maximum atomic E-state index is 10.7. The van der Waals surface area contributed by atoms with Gasteiger partial charge in [-0.15, -0.1) is 6.42 Å². The van der Waals surface area contributed by atoms with Gasteiger partial charge in [0.25, 0.3) is 0 Å². The Bertz CT molecular complexity index is 134. The Morgan fingerprint density at radius 2 is 2.44 bits per heavy atom. The highest BCUT2D eigenvalue weighted by Gasteiger charge is 2.09. The van der Waals surface area contributed by atoms with Gasteiger partial charge in [-0.25, -0.2) is 0 Å². The predicted molar refractivity (Wildman–Crippen MR) is 36.7 cm³/mol. The van der Waals surface area contributed by atoms with Crippen LogP contribution in [-0.2, 0) is 4.79 Å². The molecule has 2 heteroatoms. The molecule has 0 aliphatic heterocycles. The Balaban J connectivity index is 3.84. The van der Waals surface area contributed by atoms with Crippen LogP contribution in [0.3, 0.4) is 0 Å². The fourth-order valence-corrected chi connectivity index (χ4v) is 0.581. The Morgan fingerprint density at radius 1 is 1.89 bits per heavy atom. The molecule has 2 nitrogen and oxygen atoms in total. The van der Waals surface area contributed by atoms with Gasteiger partial charge in [0.15, 0.2) is 5.78 Å². The van der Waals surface area contributed by atoms with E-state index in [4.69, 9.17) is 12.2 Å². The van der Waals surface area contributed by atoms with Crippen molar-refractivity contribution in [2.75, 3.05) is 6.54 Å². The van der Waals surface area contributed by atoms with Crippen LogP contribution in [0.5, 0.6) is 0 Å². The molecule has 1 unspecified atom stereocenters. The van der Waals surface area contributed by atoms with Crippen LogP contribution in [0.25, 0.3) is 0 Å². The minimum Gasteiger partial charge on any atom is -0.324 e. The molecule has 0 aromatic carbocycles. The molecular formula is C7H11NO. The van der Waals surface area contributed by atoms with Gasteiger partial charge in [0.05, 0.1) is 12.5 Å². The Kier molecular flexibility index (Phi) is 3.74. The third kappa shape index (κ3) is 2.29. The summed E-state index contributed by atoms with van der Waals surface area (Å²) in [5.74, 6) is 2.06. The van der Waals surface area contributed by atoms with Crippen LogP contribution < -0.4 is 5.73 Å². The van der Waals surface area contributed by atoms with E-state index in [2.05, 4.69) is 5.92 Å². The van der Waals surface area contributed by atoms with E-state index < -0.39 is 0 Å². The van der Waals surface area contributed by atoms with Gasteiger partial charge < -0.3 is 5.73 Å². The third-order valence-corrected chi connectivity index (χ3v) is 1.20. The summed E-state index contributed by atoms with van der Waals surface area (Å²) in [6.45, 7) is 1.93. The lowest BCUT2D eigenvalue weighted by Crippen LogP contribution is -2.21. The zero-order valence-electron chi connectivity index (χ0n) is 5.55. The van der Waals surface area contributed by atoms with Crippen LogP contribution in [-0.4, -0.2) is 12.3 Å². The van der Waals surface area contributed by atoms with Crippen LogP contribution in [0.2, 0.25) is 0 Å². The summed E-state index contributed by atoms with van der Waals surface area (Å²) < 4.78 is 0. The number of carbonyl (C=O) groups is 1. The van der Waals surface area contributed by atoms with Crippen molar-refractivity contribution in [1.82, 2.24) is 0 Å². The summed E-state index contributed by atoms with van der Waals surface area (Å²) in [4.78, 5) is 10.7. The van der Waals surface area contributed by atoms with E-state index in [-0.39, 0.29) is 18.2 Å². The van der Waals surface area contributed by atoms with Crippen LogP contribution in [0.15, 0.2) is 0 Å². The monoisotopic (exact) mass is 125 g/mol. The van der Waals surface area contributed by atoms with Crippen molar-refractivity contribution in [2.45, 2.75) is 13.3 Å². The molecule has 2 N–H and O–H groups in total. The van der Waals surface area contributed by atoms with Crippen molar-refractivity contribution in [1.29, 1.82) is 0 Å². The SMILES string of the molecule is C#CC(CC)C(=O)CN. The molecule has 0 radical (unpaired) electrons. The number of hydrogen-bond donors (Lipinski definition) is 1. The minimum atomic E-state index is -0.269. The number of ketones is 1. The Morgan fingerprint density at radius 3 is 2.56 bits per heavy atom. The second-order valence-electron chi connectivity index (χ2n) is 1.80. The van der Waals surface area contributed by atoms with Crippen molar-refractivity contribution >= 4 is 5.78 Å². The van der Waals surface area contributed by atoms with Crippen molar-refractivity contribution in [3.05, 3.63) is 0 Å². The molecule has 0 fully saturated rings. The average molecular weight is 125 g/mol. The van der Waals surface area contributed by atoms with E-state index in [1.165, 1.54) is 0 Å². The zero-order valence-corrected chi connectivity index (χ0v) is 5.55. The van der Waals surface area contributed by atoms with E-state index in [9.17, 15) is 4.79 Å². The van der Waals surface area contributed by atoms with Crippen molar-refractivity contribution in [3.8, 4) is 12.3 Å². The van der Waals surface area contributed by atoms with Crippen LogP contribution in [0.4, 0.5) is 0 Å². The first-order valence-corrected chi connectivity index (χ1v) is 2.95. The quantitative estimate of drug-likeness (QED) is 0.546. The Hall–Kier alpha value is -0.810. The molecule has 0 amide bonds. The number of Topliss-reactive ketones (excluding diaryl/α,β-unsaturated/α-hetero) is 1. The summed E-state index contributed by atoms with van der Waals surface area (Å²) in [7, 11) is 0. The van der Waals surface area contributed by atoms with Gasteiger partial charge in [0.2, 0.25) is 0 Å². The highest BCUT2D eigenvalue weighted by Crippen LogP contribution is 1.99. The number of rotatable bonds is 3. The molecule has 9 heavy (non-hydrogen) atoms. The zero-order chi connectivity index (χ0) is 7.28. The first-order chi connectivity index (χ1) is 4.26. The predicted octanol–water partition coefficient (Wildman–Crippen LogP) is 0.174. The third-order valence-electron chi connectivity index (χ3n) is 1.20. The lowest BCUT2D eigenvalue weighted by Gasteiger charge is -2.01. The van der Waals surface area contributed by atoms with E-state index in [0.717, 1.165) is 0 Å². The van der Waals surface area contributed by atoms with Gasteiger partial charge >= 0.3 is 0 Å². The van der Waals surface area contributed by atoms with Crippen molar-refractivity contribution in [3.63, 3.8) is 0 Å². The summed E-state index contributed by atoms with van der Waals surface area (Å²) in [6, 6.07) is 0. The molecule has 0 aliphatic carbocycles. The summed E-state index contributed by atoms with van der Waals surface area (Å²) in [5, 5.41) is 0. The van der Waals surface area contributed by atoms with E-state index in [1.54, 1.807) is 0 Å². The fourth-order valence-electron chi connectivity index (χ4n) is 0.581. The lowest BCUT2D eigenvalue weighted by molar-refractivity contribution is -0.119. The largest absolute Gasteiger partial charge is 0.324 e. The van der Waals surface area contributed by atoms with Crippen LogP contribution in [0.1, 0.15) is 13.3 Å². The first kappa shape index (κ1) is 8.19. The molecule has 0 saturated heterocycles. The normalized spacial score (nSPS) is 12.1. The number of nitrogens with two attached hydrogens (primary N) is 1. The smallest absolute Gasteiger partial charge is 0.161 e. The molecule has 0 bridgehead atoms. The molecule has 0 aromatic heterocycles. The van der Waals surface area contributed by atoms with Crippen LogP contribution >= 0.6 is 0 Å². The lowest BCUT2D eigenvalue weighted by atomic mass is 10.0. The van der Waals surface area contributed by atoms with Gasteiger partial charge in [0.1, 0.15) is 0 Å². The molecule has 0 aromatic rings. The second-order valence-corrected chi connectivity index (χ2v) is 1.80. The van der Waals surface area contributed by atoms with Crippen molar-refractivity contribution < 1.29 is 4.79 Å². The molecule has 0 aliphatic rings. The molecular weight excluding hydrogens is 114 g/mol. The van der Waals surface area contributed by atoms with Gasteiger partial charge in [-0.2, -0.15) is 0 Å². The van der Waals surface area contributed by atoms with Crippen LogP contribution in [0, 0.1) is 18.3 Å². The number of hydrogen-bond acceptors (Lipinski definition) is 2. The molecule has 0 heterocycles. The summed E-state index contributed by atoms with van der Waals surface area (Å²) in [6.07, 6.45) is 5.72. The number of terminal acetylenes is 1. The molecule has 0 saturated carbocycles. The van der Waals surface area contributed by atoms with Gasteiger partial charge in [-0.3, -0.25) is 4.79 Å². The average Bonchev–Trinajstić information content (AvgIpc) is 1.90. The summed E-state index contributed by atoms with van der Waals surface area (Å²) in [5.41, 5.74) is 5.08. The van der Waals surface area contributed by atoms with E-state index >= 15 is 0 Å². The molecule has 0 rings (SSSR count). The van der Waals surface area contributed by atoms with Gasteiger partial charge in [0, 0.05) is 0 Å². The topological polar surface area (TPSA) is 43.1 Å². The molecule has 1 atom stereocenters. The molecule has 0 spiro atoms. The van der Waals surface area contributed by atoms with Gasteiger partial charge in [-0.1, -0.05) is 12.8 Å². The maximum Gasteiger partial charge on any atom is 0.161 e. The maximum absolute atomic E-state index is 10.7. The minimum absolute atomic E-state index is 0.0417. The Labute approximate surface area is 55.4 Å². The standard InChI is InChI=1S/C7H11NO/c1-3-6(4-2)7(9)5-8/h1,6H,4-5,8H2,2H3. The van der Waals surface area contributed by atoms with E-state index in [1.807, 2.05) is 6.92 Å². The number of carbonyl (C=O) groups excluding carboxylic acids is 1. The highest BCUT2D eigenvalue weighted by molar-refractivity contribution is 5.85. The van der Waals surface area contributed by atoms with Crippen molar-refractivity contribution in [2.24, 2.45) is 11.7 Å². The summed E-state index contributed by atoms with van der Waals surface area (Å²) >= 11 is 0. The van der Waals surface area contributed by atoms with Gasteiger partial charge in [-0.05, 0) is 6.42 Å². The second kappa shape index (κ2) is 4.11. The fraction of sp³-hybridized carbons (Fsp3) is 0.571. The highest BCUT2D eigenvalue weighted by atomic mass is 16.1. The molecule has 50 valence electrons. The van der Waals surface area contributed by atoms with E-state index in [0.29, 0.717) is 6.42 Å².